The zero-order valence-electron chi connectivity index (χ0n) is 17.1. The van der Waals surface area contributed by atoms with Crippen molar-refractivity contribution in [2.45, 2.75) is 25.7 Å². The van der Waals surface area contributed by atoms with E-state index in [0.29, 0.717) is 58.4 Å². The van der Waals surface area contributed by atoms with E-state index in [2.05, 4.69) is 20.2 Å². The molecule has 0 unspecified atom stereocenters. The normalized spacial score (nSPS) is 11.8. The maximum Gasteiger partial charge on any atom is 0.198 e. The van der Waals surface area contributed by atoms with E-state index in [1.807, 2.05) is 0 Å². The van der Waals surface area contributed by atoms with Crippen LogP contribution in [0, 0.1) is 0 Å². The van der Waals surface area contributed by atoms with E-state index in [1.165, 1.54) is 12.4 Å². The van der Waals surface area contributed by atoms with Gasteiger partial charge in [-0.25, -0.2) is 0 Å². The lowest BCUT2D eigenvalue weighted by atomic mass is 10.0. The van der Waals surface area contributed by atoms with E-state index < -0.39 is 0 Å². The summed E-state index contributed by atoms with van der Waals surface area (Å²) < 4.78 is 0. The molecular weight excluding hydrogens is 463 g/mol. The molecule has 0 bridgehead atoms. The van der Waals surface area contributed by atoms with Crippen molar-refractivity contribution in [3.63, 3.8) is 0 Å². The minimum atomic E-state index is -0.216. The Balaban J connectivity index is 0.00000300. The van der Waals surface area contributed by atoms with Crippen LogP contribution in [-0.4, -0.2) is 36.4 Å². The number of hydrogen-bond donors (Lipinski definition) is 4. The first-order valence-electron chi connectivity index (χ1n) is 9.62. The van der Waals surface area contributed by atoms with Crippen LogP contribution >= 0.6 is 37.2 Å². The van der Waals surface area contributed by atoms with Crippen molar-refractivity contribution in [2.24, 2.45) is 21.5 Å². The van der Waals surface area contributed by atoms with E-state index in [-0.39, 0.29) is 48.1 Å². The highest BCUT2D eigenvalue weighted by atomic mass is 35.5. The van der Waals surface area contributed by atoms with Crippen molar-refractivity contribution in [1.82, 2.24) is 10.2 Å². The van der Waals surface area contributed by atoms with E-state index in [1.54, 1.807) is 12.1 Å². The van der Waals surface area contributed by atoms with Crippen molar-refractivity contribution in [1.29, 1.82) is 0 Å². The summed E-state index contributed by atoms with van der Waals surface area (Å²) in [5.74, 6) is 0. The van der Waals surface area contributed by atoms with Crippen molar-refractivity contribution < 1.29 is 0 Å². The van der Waals surface area contributed by atoms with Crippen molar-refractivity contribution >= 4 is 58.8 Å². The first-order valence-corrected chi connectivity index (χ1v) is 9.62. The number of aromatic nitrogens is 2. The van der Waals surface area contributed by atoms with Gasteiger partial charge in [0.05, 0.1) is 32.3 Å². The second-order valence-electron chi connectivity index (χ2n) is 6.67. The molecule has 3 rings (SSSR count). The van der Waals surface area contributed by atoms with Gasteiger partial charge in [0, 0.05) is 25.5 Å². The summed E-state index contributed by atoms with van der Waals surface area (Å²) in [7, 11) is 0. The second-order valence-corrected chi connectivity index (χ2v) is 6.67. The van der Waals surface area contributed by atoms with Gasteiger partial charge in [-0.05, 0) is 50.9 Å². The molecule has 1 heterocycles. The SMILES string of the molecule is Cl.Cl.Cl.NCCCCN=c1ccc(=NCCCCN)c2c(=O)c3c[nH][nH]cc3c(=O)c12. The summed E-state index contributed by atoms with van der Waals surface area (Å²) in [6.45, 7) is 2.32. The van der Waals surface area contributed by atoms with Crippen LogP contribution < -0.4 is 33.0 Å². The molecule has 8 nitrogen and oxygen atoms in total. The van der Waals surface area contributed by atoms with Crippen molar-refractivity contribution in [2.75, 3.05) is 26.2 Å². The third kappa shape index (κ3) is 6.51. The largest absolute Gasteiger partial charge is 0.330 e. The maximum atomic E-state index is 13.2. The zero-order chi connectivity index (χ0) is 19.9. The van der Waals surface area contributed by atoms with Gasteiger partial charge < -0.3 is 21.7 Å². The molecule has 0 spiro atoms. The molecule has 31 heavy (non-hydrogen) atoms. The minimum absolute atomic E-state index is 0. The summed E-state index contributed by atoms with van der Waals surface area (Å²) in [4.78, 5) is 35.5. The Kier molecular flexibility index (Phi) is 13.3. The topological polar surface area (TPSA) is 142 Å². The van der Waals surface area contributed by atoms with Crippen LogP contribution in [0.1, 0.15) is 25.7 Å². The lowest BCUT2D eigenvalue weighted by Gasteiger charge is -2.03. The van der Waals surface area contributed by atoms with Gasteiger partial charge in [-0.3, -0.25) is 19.6 Å². The monoisotopic (exact) mass is 490 g/mol. The van der Waals surface area contributed by atoms with Gasteiger partial charge in [0.25, 0.3) is 0 Å². The number of nitrogens with two attached hydrogens (primary N) is 2. The van der Waals surface area contributed by atoms with Crippen molar-refractivity contribution in [3.8, 4) is 0 Å². The van der Waals surface area contributed by atoms with Crippen molar-refractivity contribution in [3.05, 3.63) is 55.7 Å². The first-order chi connectivity index (χ1) is 13.7. The molecule has 0 aliphatic heterocycles. The minimum Gasteiger partial charge on any atom is -0.330 e. The summed E-state index contributed by atoms with van der Waals surface area (Å²) in [6.07, 6.45) is 6.42. The Bertz CT molecular complexity index is 1120. The fourth-order valence-corrected chi connectivity index (χ4v) is 3.24. The Labute approximate surface area is 197 Å². The Morgan fingerprint density at radius 2 is 1.06 bits per heavy atom. The average molecular weight is 492 g/mol. The fraction of sp³-hybridized carbons (Fsp3) is 0.400. The lowest BCUT2D eigenvalue weighted by Crippen LogP contribution is -2.27. The summed E-state index contributed by atoms with van der Waals surface area (Å²) in [6, 6.07) is 3.55. The molecule has 1 aromatic heterocycles. The average Bonchev–Trinajstić information content (AvgIpc) is 2.72. The molecule has 0 atom stereocenters. The van der Waals surface area contributed by atoms with E-state index in [4.69, 9.17) is 11.5 Å². The summed E-state index contributed by atoms with van der Waals surface area (Å²) in [5.41, 5.74) is 10.6. The highest BCUT2D eigenvalue weighted by Gasteiger charge is 2.13. The summed E-state index contributed by atoms with van der Waals surface area (Å²) >= 11 is 0. The lowest BCUT2D eigenvalue weighted by molar-refractivity contribution is 0.746. The number of benzene rings is 2. The number of nitrogens with zero attached hydrogens (tertiary/aromatic N) is 2. The molecule has 0 aliphatic rings. The predicted octanol–water partition coefficient (Wildman–Crippen LogP) is 1.35. The van der Waals surface area contributed by atoms with Gasteiger partial charge in [0.15, 0.2) is 10.9 Å². The number of rotatable bonds is 8. The molecule has 3 aromatic rings. The van der Waals surface area contributed by atoms with Gasteiger partial charge in [-0.15, -0.1) is 37.2 Å². The molecule has 172 valence electrons. The Morgan fingerprint density at radius 3 is 1.42 bits per heavy atom. The molecule has 0 radical (unpaired) electrons. The third-order valence-electron chi connectivity index (χ3n) is 4.70. The molecule has 11 heteroatoms. The second kappa shape index (κ2) is 14.2. The van der Waals surface area contributed by atoms with Gasteiger partial charge in [0.2, 0.25) is 0 Å². The number of H-pyrrole nitrogens is 2. The van der Waals surface area contributed by atoms with E-state index >= 15 is 0 Å². The quantitative estimate of drug-likeness (QED) is 0.278. The number of unbranched alkanes of at least 4 members (excludes halogenated alkanes) is 2. The Morgan fingerprint density at radius 1 is 0.677 bits per heavy atom. The maximum absolute atomic E-state index is 13.2. The number of fused-ring (bicyclic) bond motifs is 2. The Hall–Kier alpha value is -1.97. The first kappa shape index (κ1) is 29.0. The molecule has 0 aliphatic carbocycles. The van der Waals surface area contributed by atoms with Crippen LogP contribution in [0.25, 0.3) is 21.5 Å². The van der Waals surface area contributed by atoms with Crippen LogP contribution in [-0.2, 0) is 0 Å². The summed E-state index contributed by atoms with van der Waals surface area (Å²) in [5, 5.41) is 7.96. The highest BCUT2D eigenvalue weighted by molar-refractivity contribution is 5.96. The number of nitrogens with one attached hydrogen (secondary N) is 2. The van der Waals surface area contributed by atoms with Crippen LogP contribution in [0.2, 0.25) is 0 Å². The molecule has 2 aromatic carbocycles. The van der Waals surface area contributed by atoms with E-state index in [9.17, 15) is 9.59 Å². The van der Waals surface area contributed by atoms with Gasteiger partial charge in [-0.2, -0.15) is 0 Å². The molecule has 0 fully saturated rings. The predicted molar refractivity (Wildman–Crippen MR) is 133 cm³/mol. The molecule has 6 N–H and O–H groups in total. The van der Waals surface area contributed by atoms with Gasteiger partial charge in [-0.1, -0.05) is 0 Å². The number of aromatic amines is 2. The molecule has 0 amide bonds. The van der Waals surface area contributed by atoms with Crippen LogP contribution in [0.5, 0.6) is 0 Å². The fourth-order valence-electron chi connectivity index (χ4n) is 3.24. The van der Waals surface area contributed by atoms with Crippen LogP contribution in [0.4, 0.5) is 0 Å². The number of halogens is 3. The third-order valence-corrected chi connectivity index (χ3v) is 4.70. The number of hydrogen-bond acceptors (Lipinski definition) is 6. The molecular formula is C20H29Cl3N6O2. The van der Waals surface area contributed by atoms with Gasteiger partial charge >= 0.3 is 0 Å². The highest BCUT2D eigenvalue weighted by Crippen LogP contribution is 2.06. The molecule has 0 saturated carbocycles. The molecule has 0 saturated heterocycles. The van der Waals surface area contributed by atoms with E-state index in [0.717, 1.165) is 25.7 Å². The smallest absolute Gasteiger partial charge is 0.198 e. The van der Waals surface area contributed by atoms with Crippen LogP contribution in [0.3, 0.4) is 0 Å². The van der Waals surface area contributed by atoms with Crippen LogP contribution in [0.15, 0.2) is 44.1 Å². The standard InChI is InChI=1S/C20H26N6O2.3ClH/c21-7-1-3-9-23-15-5-6-16(24-10-4-2-8-22)18-17(15)19(27)13-11-25-26-12-14(13)20(18)28;;;/h5-6,11-12,25-26H,1-4,7-10,21-22H2;3*1H. The zero-order valence-corrected chi connectivity index (χ0v) is 19.5. The van der Waals surface area contributed by atoms with Gasteiger partial charge in [0.1, 0.15) is 0 Å².